The van der Waals surface area contributed by atoms with Gasteiger partial charge in [-0.15, -0.1) is 6.58 Å². The van der Waals surface area contributed by atoms with Gasteiger partial charge in [-0.05, 0) is 29.5 Å². The summed E-state index contributed by atoms with van der Waals surface area (Å²) >= 11 is 0. The molecule has 0 unspecified atom stereocenters. The second-order valence-electron chi connectivity index (χ2n) is 8.90. The van der Waals surface area contributed by atoms with Crippen molar-refractivity contribution in [1.82, 2.24) is 4.57 Å². The van der Waals surface area contributed by atoms with Gasteiger partial charge in [0.05, 0.1) is 13.6 Å². The summed E-state index contributed by atoms with van der Waals surface area (Å²) in [6.45, 7) is 19.9. The molecule has 2 rings (SSSR count). The summed E-state index contributed by atoms with van der Waals surface area (Å²) in [4.78, 5) is 0. The molecule has 0 bridgehead atoms. The Bertz CT molecular complexity index is 705. The number of benzene rings is 1. The fraction of sp³-hybridized carbons (Fsp3) is 0.500. The minimum Gasteiger partial charge on any atom is -0.361 e. The first kappa shape index (κ1) is 19.2. The van der Waals surface area contributed by atoms with Crippen LogP contribution in [0.25, 0.3) is 10.9 Å². The zero-order chi connectivity index (χ0) is 18.0. The average molecular weight is 360 g/mol. The van der Waals surface area contributed by atoms with Gasteiger partial charge in [0.1, 0.15) is 6.73 Å². The summed E-state index contributed by atoms with van der Waals surface area (Å²) in [5.74, 6) is 0. The van der Waals surface area contributed by atoms with E-state index in [0.29, 0.717) is 6.73 Å². The first-order chi connectivity index (χ1) is 11.1. The Morgan fingerprint density at radius 3 is 2.42 bits per heavy atom. The van der Waals surface area contributed by atoms with Crippen molar-refractivity contribution in [2.45, 2.75) is 58.5 Å². The fourth-order valence-electron chi connectivity index (χ4n) is 3.01. The normalized spacial score (nSPS) is 12.8. The van der Waals surface area contributed by atoms with Crippen LogP contribution >= 0.6 is 0 Å². The summed E-state index contributed by atoms with van der Waals surface area (Å²) in [6, 6.07) is 10.2. The van der Waals surface area contributed by atoms with E-state index in [1.165, 1.54) is 27.8 Å². The molecule has 0 aliphatic heterocycles. The quantitative estimate of drug-likeness (QED) is 0.358. The molecule has 4 heteroatoms. The third-order valence-corrected chi connectivity index (χ3v) is 8.01. The molecule has 132 valence electrons. The first-order valence-electron chi connectivity index (χ1n) is 8.94. The van der Waals surface area contributed by atoms with Crippen LogP contribution in [0, 0.1) is 0 Å². The van der Waals surface area contributed by atoms with E-state index in [4.69, 9.17) is 4.74 Å². The molecule has 24 heavy (non-hydrogen) atoms. The standard InChI is InChI=1S/C20H33NOSi2/c1-8-10-17-11-9-12-18-15-19(24(5,6)7)21(20(17)18)16-22-13-14-23(2,3)4/h8-9,11-12,15H,1,10,13-14,16H2,2-7H3. The number of para-hydroxylation sites is 1. The highest BCUT2D eigenvalue weighted by molar-refractivity contribution is 6.88. The van der Waals surface area contributed by atoms with Gasteiger partial charge < -0.3 is 9.30 Å². The molecule has 0 aliphatic rings. The topological polar surface area (TPSA) is 14.2 Å². The Labute approximate surface area is 149 Å². The van der Waals surface area contributed by atoms with Gasteiger partial charge in [-0.3, -0.25) is 0 Å². The van der Waals surface area contributed by atoms with Gasteiger partial charge in [-0.25, -0.2) is 0 Å². The summed E-state index contributed by atoms with van der Waals surface area (Å²) in [5, 5.41) is 2.81. The predicted molar refractivity (Wildman–Crippen MR) is 113 cm³/mol. The van der Waals surface area contributed by atoms with Crippen LogP contribution in [-0.4, -0.2) is 27.3 Å². The van der Waals surface area contributed by atoms with E-state index in [0.717, 1.165) is 13.0 Å². The van der Waals surface area contributed by atoms with Crippen molar-refractivity contribution in [3.63, 3.8) is 0 Å². The number of aromatic nitrogens is 1. The molecule has 0 saturated heterocycles. The van der Waals surface area contributed by atoms with Gasteiger partial charge >= 0.3 is 0 Å². The highest BCUT2D eigenvalue weighted by Crippen LogP contribution is 2.22. The minimum absolute atomic E-state index is 0.668. The first-order valence-corrected chi connectivity index (χ1v) is 16.1. The van der Waals surface area contributed by atoms with Gasteiger partial charge in [0.25, 0.3) is 0 Å². The molecular formula is C20H33NOSi2. The van der Waals surface area contributed by atoms with Crippen molar-refractivity contribution < 1.29 is 4.74 Å². The highest BCUT2D eigenvalue weighted by Gasteiger charge is 2.24. The lowest BCUT2D eigenvalue weighted by Crippen LogP contribution is -2.43. The summed E-state index contributed by atoms with van der Waals surface area (Å²) in [5.41, 5.74) is 2.68. The molecule has 0 atom stereocenters. The van der Waals surface area contributed by atoms with E-state index in [2.05, 4.69) is 74.7 Å². The molecule has 0 radical (unpaired) electrons. The third-order valence-electron chi connectivity index (χ3n) is 4.35. The molecule has 1 aromatic heterocycles. The third kappa shape index (κ3) is 4.71. The molecule has 2 nitrogen and oxygen atoms in total. The maximum absolute atomic E-state index is 6.13. The largest absolute Gasteiger partial charge is 0.361 e. The Hall–Kier alpha value is -1.11. The molecule has 0 fully saturated rings. The molecule has 0 spiro atoms. The lowest BCUT2D eigenvalue weighted by Gasteiger charge is -2.22. The van der Waals surface area contributed by atoms with E-state index in [1.807, 2.05) is 6.08 Å². The van der Waals surface area contributed by atoms with E-state index in [-0.39, 0.29) is 0 Å². The molecule has 0 saturated carbocycles. The maximum Gasteiger partial charge on any atom is 0.122 e. The molecule has 2 aromatic rings. The molecule has 1 aromatic carbocycles. The van der Waals surface area contributed by atoms with Crippen LogP contribution in [0.3, 0.4) is 0 Å². The van der Waals surface area contributed by atoms with Crippen LogP contribution in [-0.2, 0) is 17.9 Å². The van der Waals surface area contributed by atoms with Crippen LogP contribution in [0.2, 0.25) is 45.3 Å². The van der Waals surface area contributed by atoms with Gasteiger partial charge in [-0.2, -0.15) is 0 Å². The van der Waals surface area contributed by atoms with Crippen molar-refractivity contribution >= 4 is 32.4 Å². The number of ether oxygens (including phenoxy) is 1. The summed E-state index contributed by atoms with van der Waals surface area (Å²) in [7, 11) is -2.48. The SMILES string of the molecule is C=CCc1cccc2cc([Si](C)(C)C)n(COCC[Si](C)(C)C)c12. The van der Waals surface area contributed by atoms with Crippen LogP contribution in [0.5, 0.6) is 0 Å². The Balaban J connectivity index is 2.38. The Morgan fingerprint density at radius 1 is 1.12 bits per heavy atom. The lowest BCUT2D eigenvalue weighted by atomic mass is 10.1. The minimum atomic E-state index is -1.44. The lowest BCUT2D eigenvalue weighted by molar-refractivity contribution is 0.0919. The Morgan fingerprint density at radius 2 is 1.83 bits per heavy atom. The number of hydrogen-bond donors (Lipinski definition) is 0. The van der Waals surface area contributed by atoms with E-state index >= 15 is 0 Å². The van der Waals surface area contributed by atoms with Gasteiger partial charge in [-0.1, -0.05) is 63.6 Å². The van der Waals surface area contributed by atoms with Crippen LogP contribution in [0.1, 0.15) is 5.56 Å². The van der Waals surface area contributed by atoms with Gasteiger partial charge in [0.2, 0.25) is 0 Å². The smallest absolute Gasteiger partial charge is 0.122 e. The molecule has 0 N–H and O–H groups in total. The Kier molecular flexibility index (Phi) is 5.94. The van der Waals surface area contributed by atoms with Crippen molar-refractivity contribution in [1.29, 1.82) is 0 Å². The predicted octanol–water partition coefficient (Wildman–Crippen LogP) is 5.23. The zero-order valence-electron chi connectivity index (χ0n) is 16.3. The maximum atomic E-state index is 6.13. The fourth-order valence-corrected chi connectivity index (χ4v) is 5.34. The number of rotatable bonds is 8. The zero-order valence-corrected chi connectivity index (χ0v) is 18.3. The monoisotopic (exact) mass is 359 g/mol. The van der Waals surface area contributed by atoms with E-state index in [1.54, 1.807) is 0 Å². The number of allylic oxidation sites excluding steroid dienone is 1. The van der Waals surface area contributed by atoms with Gasteiger partial charge in [0, 0.05) is 20.0 Å². The van der Waals surface area contributed by atoms with E-state index < -0.39 is 16.1 Å². The molecular weight excluding hydrogens is 326 g/mol. The van der Waals surface area contributed by atoms with Crippen molar-refractivity contribution in [2.24, 2.45) is 0 Å². The van der Waals surface area contributed by atoms with Gasteiger partial charge in [0.15, 0.2) is 0 Å². The number of fused-ring (bicyclic) bond motifs is 1. The van der Waals surface area contributed by atoms with Crippen LogP contribution < -0.4 is 5.32 Å². The second-order valence-corrected chi connectivity index (χ2v) is 19.5. The van der Waals surface area contributed by atoms with Crippen LogP contribution in [0.4, 0.5) is 0 Å². The average Bonchev–Trinajstić information content (AvgIpc) is 2.83. The highest BCUT2D eigenvalue weighted by atomic mass is 28.3. The second kappa shape index (κ2) is 7.42. The van der Waals surface area contributed by atoms with Crippen molar-refractivity contribution in [2.75, 3.05) is 6.61 Å². The molecule has 1 heterocycles. The van der Waals surface area contributed by atoms with Crippen LogP contribution in [0.15, 0.2) is 36.9 Å². The summed E-state index contributed by atoms with van der Waals surface area (Å²) < 4.78 is 8.56. The summed E-state index contributed by atoms with van der Waals surface area (Å²) in [6.07, 6.45) is 2.90. The molecule has 0 amide bonds. The number of nitrogens with zero attached hydrogens (tertiary/aromatic N) is 1. The van der Waals surface area contributed by atoms with Crippen molar-refractivity contribution in [3.05, 3.63) is 42.5 Å². The number of hydrogen-bond acceptors (Lipinski definition) is 1. The van der Waals surface area contributed by atoms with E-state index in [9.17, 15) is 0 Å². The molecule has 0 aliphatic carbocycles. The van der Waals surface area contributed by atoms with Crippen molar-refractivity contribution in [3.8, 4) is 0 Å².